The summed E-state index contributed by atoms with van der Waals surface area (Å²) in [4.78, 5) is 11.1. The summed E-state index contributed by atoms with van der Waals surface area (Å²) in [7, 11) is 0. The molecular formula is C19H24ClNO4. The summed E-state index contributed by atoms with van der Waals surface area (Å²) in [6.07, 6.45) is -0.204. The van der Waals surface area contributed by atoms with E-state index >= 15 is 0 Å². The summed E-state index contributed by atoms with van der Waals surface area (Å²) in [6.45, 7) is 5.05. The first-order valence-electron chi connectivity index (χ1n) is 8.29. The molecule has 6 heteroatoms. The molecule has 1 saturated heterocycles. The van der Waals surface area contributed by atoms with Gasteiger partial charge in [-0.1, -0.05) is 30.3 Å². The number of carbonyl (C=O) groups excluding carboxylic acids is 1. The third-order valence-electron chi connectivity index (χ3n) is 4.40. The van der Waals surface area contributed by atoms with Gasteiger partial charge in [0.25, 0.3) is 0 Å². The number of carbonyl (C=O) groups is 1. The Labute approximate surface area is 152 Å². The second-order valence-corrected chi connectivity index (χ2v) is 6.86. The van der Waals surface area contributed by atoms with Crippen molar-refractivity contribution in [3.63, 3.8) is 0 Å². The Morgan fingerprint density at radius 2 is 2.16 bits per heavy atom. The van der Waals surface area contributed by atoms with Crippen LogP contribution in [0.4, 0.5) is 0 Å². The van der Waals surface area contributed by atoms with Crippen LogP contribution in [0.1, 0.15) is 43.4 Å². The Morgan fingerprint density at radius 1 is 1.44 bits per heavy atom. The van der Waals surface area contributed by atoms with Gasteiger partial charge in [0, 0.05) is 30.0 Å². The van der Waals surface area contributed by atoms with Crippen molar-refractivity contribution in [1.82, 2.24) is 0 Å². The molecule has 2 rings (SSSR count). The van der Waals surface area contributed by atoms with Crippen LogP contribution in [0.25, 0.3) is 0 Å². The van der Waals surface area contributed by atoms with Crippen LogP contribution in [-0.4, -0.2) is 40.5 Å². The van der Waals surface area contributed by atoms with Crippen molar-refractivity contribution in [3.8, 4) is 0 Å². The molecule has 0 bridgehead atoms. The standard InChI is InChI=1S/C19H24ClNO4/c1-11(23)3-5-15(21)8-14-7-13(4-6-16(14)20)18-9-17(24)12(2)19(10-22)25-18/h4,6-7,17-19,21-22,24H,2-3,5,8-10H2,1H3. The zero-order chi connectivity index (χ0) is 18.6. The molecule has 0 spiro atoms. The minimum Gasteiger partial charge on any atom is -0.393 e. The fraction of sp³-hybridized carbons (Fsp3) is 0.474. The van der Waals surface area contributed by atoms with Gasteiger partial charge in [-0.25, -0.2) is 0 Å². The van der Waals surface area contributed by atoms with E-state index in [1.807, 2.05) is 12.1 Å². The van der Waals surface area contributed by atoms with Gasteiger partial charge in [0.1, 0.15) is 11.9 Å². The summed E-state index contributed by atoms with van der Waals surface area (Å²) in [5.74, 6) is 0.0597. The van der Waals surface area contributed by atoms with E-state index in [2.05, 4.69) is 6.58 Å². The molecule has 1 fully saturated rings. The van der Waals surface area contributed by atoms with Gasteiger partial charge in [-0.05, 0) is 36.1 Å². The molecule has 5 nitrogen and oxygen atoms in total. The number of ether oxygens (including phenoxy) is 1. The maximum Gasteiger partial charge on any atom is 0.130 e. The van der Waals surface area contributed by atoms with E-state index in [9.17, 15) is 15.0 Å². The number of Topliss-reactive ketones (excluding diaryl/α,β-unsaturated/α-hetero) is 1. The Morgan fingerprint density at radius 3 is 2.80 bits per heavy atom. The van der Waals surface area contributed by atoms with E-state index in [1.165, 1.54) is 6.92 Å². The second-order valence-electron chi connectivity index (χ2n) is 6.46. The lowest BCUT2D eigenvalue weighted by molar-refractivity contribution is -0.116. The predicted molar refractivity (Wildman–Crippen MR) is 97.3 cm³/mol. The van der Waals surface area contributed by atoms with Crippen LogP contribution in [0.5, 0.6) is 0 Å². The number of hydrogen-bond acceptors (Lipinski definition) is 5. The molecule has 0 aromatic heterocycles. The molecule has 25 heavy (non-hydrogen) atoms. The van der Waals surface area contributed by atoms with Gasteiger partial charge in [-0.15, -0.1) is 0 Å². The molecule has 0 saturated carbocycles. The first-order valence-corrected chi connectivity index (χ1v) is 8.66. The maximum atomic E-state index is 11.1. The lowest BCUT2D eigenvalue weighted by Gasteiger charge is -2.34. The highest BCUT2D eigenvalue weighted by atomic mass is 35.5. The van der Waals surface area contributed by atoms with Crippen LogP contribution in [0.3, 0.4) is 0 Å². The predicted octanol–water partition coefficient (Wildman–Crippen LogP) is 3.01. The van der Waals surface area contributed by atoms with Gasteiger partial charge >= 0.3 is 0 Å². The highest BCUT2D eigenvalue weighted by Gasteiger charge is 2.32. The van der Waals surface area contributed by atoms with E-state index < -0.39 is 12.2 Å². The zero-order valence-electron chi connectivity index (χ0n) is 14.3. The van der Waals surface area contributed by atoms with Crippen LogP contribution in [0, 0.1) is 5.41 Å². The Hall–Kier alpha value is -1.53. The molecular weight excluding hydrogens is 342 g/mol. The van der Waals surface area contributed by atoms with Crippen LogP contribution >= 0.6 is 11.6 Å². The Bertz CT molecular complexity index is 673. The third-order valence-corrected chi connectivity index (χ3v) is 4.77. The SMILES string of the molecule is C=C1C(O)CC(c2ccc(Cl)c(CC(=N)CCC(C)=O)c2)OC1CO. The molecule has 0 amide bonds. The monoisotopic (exact) mass is 365 g/mol. The van der Waals surface area contributed by atoms with Crippen molar-refractivity contribution in [2.45, 2.75) is 50.9 Å². The highest BCUT2D eigenvalue weighted by Crippen LogP contribution is 2.35. The Balaban J connectivity index is 2.14. The lowest BCUT2D eigenvalue weighted by Crippen LogP contribution is -2.35. The average Bonchev–Trinajstić information content (AvgIpc) is 2.57. The molecule has 1 aliphatic rings. The van der Waals surface area contributed by atoms with Gasteiger partial charge < -0.3 is 25.2 Å². The highest BCUT2D eigenvalue weighted by molar-refractivity contribution is 6.31. The van der Waals surface area contributed by atoms with Gasteiger partial charge in [0.15, 0.2) is 0 Å². The normalized spacial score (nSPS) is 23.5. The van der Waals surface area contributed by atoms with Gasteiger partial charge in [0.05, 0.1) is 18.8 Å². The largest absolute Gasteiger partial charge is 0.393 e. The van der Waals surface area contributed by atoms with E-state index in [-0.39, 0.29) is 18.5 Å². The number of ketones is 1. The lowest BCUT2D eigenvalue weighted by atomic mass is 9.91. The first-order chi connectivity index (χ1) is 11.8. The number of aliphatic hydroxyl groups excluding tert-OH is 2. The molecule has 3 unspecified atom stereocenters. The van der Waals surface area contributed by atoms with Crippen LogP contribution in [-0.2, 0) is 16.0 Å². The molecule has 136 valence electrons. The molecule has 0 radical (unpaired) electrons. The van der Waals surface area contributed by atoms with Gasteiger partial charge in [0.2, 0.25) is 0 Å². The van der Waals surface area contributed by atoms with E-state index in [4.69, 9.17) is 21.7 Å². The summed E-state index contributed by atoms with van der Waals surface area (Å²) in [6, 6.07) is 5.44. The molecule has 3 atom stereocenters. The van der Waals surface area contributed by atoms with E-state index in [1.54, 1.807) is 6.07 Å². The van der Waals surface area contributed by atoms with Crippen LogP contribution in [0.2, 0.25) is 5.02 Å². The first kappa shape index (κ1) is 19.8. The molecule has 1 heterocycles. The summed E-state index contributed by atoms with van der Waals surface area (Å²) in [5.41, 5.74) is 2.55. The van der Waals surface area contributed by atoms with Gasteiger partial charge in [-0.3, -0.25) is 0 Å². The number of rotatable bonds is 7. The molecule has 3 N–H and O–H groups in total. The number of aliphatic hydroxyl groups is 2. The minimum absolute atomic E-state index is 0.0597. The number of hydrogen-bond donors (Lipinski definition) is 3. The van der Waals surface area contributed by atoms with Crippen molar-refractivity contribution in [2.75, 3.05) is 6.61 Å². The average molecular weight is 366 g/mol. The summed E-state index contributed by atoms with van der Waals surface area (Å²) < 4.78 is 5.83. The van der Waals surface area contributed by atoms with Crippen molar-refractivity contribution in [3.05, 3.63) is 46.5 Å². The van der Waals surface area contributed by atoms with E-state index in [0.29, 0.717) is 42.0 Å². The second kappa shape index (κ2) is 8.72. The van der Waals surface area contributed by atoms with Gasteiger partial charge in [-0.2, -0.15) is 0 Å². The molecule has 0 aliphatic carbocycles. The smallest absolute Gasteiger partial charge is 0.130 e. The third kappa shape index (κ3) is 5.22. The fourth-order valence-electron chi connectivity index (χ4n) is 2.86. The van der Waals surface area contributed by atoms with Crippen molar-refractivity contribution < 1.29 is 19.7 Å². The maximum absolute atomic E-state index is 11.1. The number of halogens is 1. The Kier molecular flexibility index (Phi) is 6.90. The quantitative estimate of drug-likeness (QED) is 0.511. The van der Waals surface area contributed by atoms with Crippen molar-refractivity contribution in [2.24, 2.45) is 0 Å². The summed E-state index contributed by atoms with van der Waals surface area (Å²) in [5, 5.41) is 28.1. The van der Waals surface area contributed by atoms with Crippen molar-refractivity contribution in [1.29, 1.82) is 5.41 Å². The van der Waals surface area contributed by atoms with Crippen LogP contribution in [0.15, 0.2) is 30.4 Å². The number of benzene rings is 1. The summed E-state index contributed by atoms with van der Waals surface area (Å²) >= 11 is 6.24. The van der Waals surface area contributed by atoms with Crippen LogP contribution < -0.4 is 0 Å². The minimum atomic E-state index is -0.733. The zero-order valence-corrected chi connectivity index (χ0v) is 15.1. The van der Waals surface area contributed by atoms with E-state index in [0.717, 1.165) is 11.1 Å². The molecule has 1 aliphatic heterocycles. The number of nitrogens with one attached hydrogen (secondary N) is 1. The topological polar surface area (TPSA) is 90.6 Å². The molecule has 1 aromatic carbocycles. The fourth-order valence-corrected chi connectivity index (χ4v) is 3.04. The molecule has 1 aromatic rings. The van der Waals surface area contributed by atoms with Crippen molar-refractivity contribution >= 4 is 23.1 Å².